The Hall–Kier alpha value is 0.250. The number of methoxy groups -OCH3 is 1. The van der Waals surface area contributed by atoms with Crippen molar-refractivity contribution in [3.8, 4) is 0 Å². The number of amides is 1. The third kappa shape index (κ3) is 4.13. The Balaban J connectivity index is 0.00000256. The second kappa shape index (κ2) is 7.63. The van der Waals surface area contributed by atoms with Gasteiger partial charge in [0.1, 0.15) is 0 Å². The van der Waals surface area contributed by atoms with E-state index in [1.165, 1.54) is 12.0 Å². The normalized spacial score (nSPS) is 25.2. The molecule has 0 aromatic rings. The van der Waals surface area contributed by atoms with Crippen molar-refractivity contribution in [2.45, 2.75) is 25.5 Å². The van der Waals surface area contributed by atoms with Gasteiger partial charge < -0.3 is 19.5 Å². The first-order chi connectivity index (χ1) is 7.51. The van der Waals surface area contributed by atoms with Crippen LogP contribution in [0.3, 0.4) is 0 Å². The molecule has 1 heterocycles. The second-order valence-corrected chi connectivity index (χ2v) is 4.37. The minimum atomic E-state index is -1.22. The number of rotatable bonds is 4. The predicted molar refractivity (Wildman–Crippen MR) is 58.9 cm³/mol. The molecule has 0 N–H and O–H groups in total. The minimum absolute atomic E-state index is 0. The number of carboxylic acids is 1. The topological polar surface area (TPSA) is 69.7 Å². The molecule has 0 aliphatic carbocycles. The number of ether oxygens (including phenoxy) is 1. The summed E-state index contributed by atoms with van der Waals surface area (Å²) in [5.74, 6) is -1.32. The van der Waals surface area contributed by atoms with Gasteiger partial charge in [0, 0.05) is 31.7 Å². The fraction of sp³-hybridized carbons (Fsp3) is 0.800. The summed E-state index contributed by atoms with van der Waals surface area (Å²) in [7, 11) is 1.51. The molecule has 1 fully saturated rings. The van der Waals surface area contributed by atoms with Crippen LogP contribution in [0.15, 0.2) is 0 Å². The molecule has 0 radical (unpaired) electrons. The number of likely N-dealkylation sites (tertiary alicyclic amines) is 1. The molecule has 1 aliphatic heterocycles. The average molecular weight is 269 g/mol. The molecule has 92 valence electrons. The van der Waals surface area contributed by atoms with E-state index in [4.69, 9.17) is 4.74 Å². The molecule has 1 aliphatic rings. The summed E-state index contributed by atoms with van der Waals surface area (Å²) in [4.78, 5) is 24.1. The van der Waals surface area contributed by atoms with Crippen LogP contribution in [0.4, 0.5) is 0 Å². The number of carboxylic acid groups (broad SMARTS) is 1. The van der Waals surface area contributed by atoms with Gasteiger partial charge in [-0.05, 0) is 0 Å². The number of carbonyl (C=O) groups excluding carboxylic acids is 2. The first kappa shape index (κ1) is 17.2. The Kier molecular flexibility index (Phi) is 7.75. The van der Waals surface area contributed by atoms with Crippen LogP contribution in [0.5, 0.6) is 0 Å². The van der Waals surface area contributed by atoms with Crippen molar-refractivity contribution in [3.63, 3.8) is 0 Å². The van der Waals surface area contributed by atoms with Crippen molar-refractivity contribution in [2.75, 3.05) is 19.4 Å². The monoisotopic (exact) mass is 269 g/mol. The van der Waals surface area contributed by atoms with Crippen LogP contribution in [0.1, 0.15) is 13.3 Å². The fourth-order valence-electron chi connectivity index (χ4n) is 1.80. The van der Waals surface area contributed by atoms with Crippen LogP contribution in [0.25, 0.3) is 0 Å². The van der Waals surface area contributed by atoms with Gasteiger partial charge in [-0.1, -0.05) is 6.92 Å². The molecule has 0 saturated carbocycles. The average Bonchev–Trinajstić information content (AvgIpc) is 2.71. The predicted octanol–water partition coefficient (Wildman–Crippen LogP) is -4.08. The van der Waals surface area contributed by atoms with E-state index in [1.54, 1.807) is 6.92 Å². The summed E-state index contributed by atoms with van der Waals surface area (Å²) in [5, 5.41) is 10.9. The van der Waals surface area contributed by atoms with Crippen molar-refractivity contribution in [1.82, 2.24) is 4.90 Å². The van der Waals surface area contributed by atoms with Crippen LogP contribution < -0.4 is 34.7 Å². The maximum absolute atomic E-state index is 11.9. The Morgan fingerprint density at radius 2 is 2.18 bits per heavy atom. The molecule has 3 atom stereocenters. The standard InChI is InChI=1S/C10H17NO4S.Na/c1-6(5-16)9(12)11-4-7(15-2)3-8(11)10(13)14;/h6-8,16H,3-5H2,1-2H3,(H,13,14);/q;+1/p-1/t6?,7-,8-;/m0./s1. The maximum Gasteiger partial charge on any atom is 1.00 e. The molecule has 1 amide bonds. The van der Waals surface area contributed by atoms with E-state index in [1.807, 2.05) is 0 Å². The van der Waals surface area contributed by atoms with Crippen molar-refractivity contribution in [2.24, 2.45) is 5.92 Å². The van der Waals surface area contributed by atoms with E-state index in [9.17, 15) is 14.7 Å². The molecule has 5 nitrogen and oxygen atoms in total. The molecule has 1 saturated heterocycles. The molecule has 0 bridgehead atoms. The SMILES string of the molecule is CO[C@H]1C[C@@H](C(=O)[O-])N(C(=O)C(C)CS)C1.[Na+]. The van der Waals surface area contributed by atoms with Gasteiger partial charge >= 0.3 is 29.6 Å². The summed E-state index contributed by atoms with van der Waals surface area (Å²) in [6.07, 6.45) is 0.0723. The number of nitrogens with zero attached hydrogens (tertiary/aromatic N) is 1. The zero-order valence-electron chi connectivity index (χ0n) is 10.4. The zero-order chi connectivity index (χ0) is 12.3. The summed E-state index contributed by atoms with van der Waals surface area (Å²) in [6.45, 7) is 2.04. The van der Waals surface area contributed by atoms with Gasteiger partial charge in [0.15, 0.2) is 0 Å². The number of thiol groups is 1. The zero-order valence-corrected chi connectivity index (χ0v) is 13.3. The van der Waals surface area contributed by atoms with Gasteiger partial charge in [-0.15, -0.1) is 0 Å². The Morgan fingerprint density at radius 1 is 1.59 bits per heavy atom. The van der Waals surface area contributed by atoms with E-state index in [0.29, 0.717) is 18.7 Å². The molecule has 0 aromatic heterocycles. The van der Waals surface area contributed by atoms with Crippen molar-refractivity contribution >= 4 is 24.5 Å². The van der Waals surface area contributed by atoms with Crippen LogP contribution >= 0.6 is 12.6 Å². The summed E-state index contributed by atoms with van der Waals surface area (Å²) < 4.78 is 5.08. The fourth-order valence-corrected chi connectivity index (χ4v) is 1.95. The number of hydrogen-bond donors (Lipinski definition) is 1. The molecule has 0 aromatic carbocycles. The molecular weight excluding hydrogens is 253 g/mol. The molecule has 17 heavy (non-hydrogen) atoms. The summed E-state index contributed by atoms with van der Waals surface area (Å²) >= 11 is 4.03. The van der Waals surface area contributed by atoms with Crippen LogP contribution in [-0.2, 0) is 14.3 Å². The number of aliphatic carboxylic acids is 1. The second-order valence-electron chi connectivity index (χ2n) is 4.00. The molecule has 1 unspecified atom stereocenters. The molecule has 7 heteroatoms. The largest absolute Gasteiger partial charge is 1.00 e. The Morgan fingerprint density at radius 3 is 2.59 bits per heavy atom. The number of hydrogen-bond acceptors (Lipinski definition) is 5. The summed E-state index contributed by atoms with van der Waals surface area (Å²) in [5.41, 5.74) is 0. The Bertz CT molecular complexity index is 289. The first-order valence-corrected chi connectivity index (χ1v) is 5.79. The maximum atomic E-state index is 11.9. The van der Waals surface area contributed by atoms with Crippen LogP contribution in [0, 0.1) is 5.92 Å². The van der Waals surface area contributed by atoms with E-state index < -0.39 is 12.0 Å². The molecule has 0 spiro atoms. The molecular formula is C10H16NNaO4S. The van der Waals surface area contributed by atoms with E-state index in [-0.39, 0.29) is 47.5 Å². The third-order valence-corrected chi connectivity index (χ3v) is 3.39. The van der Waals surface area contributed by atoms with Gasteiger partial charge in [-0.3, -0.25) is 4.79 Å². The minimum Gasteiger partial charge on any atom is -0.548 e. The quantitative estimate of drug-likeness (QED) is 0.416. The van der Waals surface area contributed by atoms with Gasteiger partial charge in [0.25, 0.3) is 0 Å². The van der Waals surface area contributed by atoms with Gasteiger partial charge in [0.05, 0.1) is 18.1 Å². The van der Waals surface area contributed by atoms with Crippen LogP contribution in [0.2, 0.25) is 0 Å². The number of carbonyl (C=O) groups is 2. The van der Waals surface area contributed by atoms with E-state index in [2.05, 4.69) is 12.6 Å². The van der Waals surface area contributed by atoms with E-state index in [0.717, 1.165) is 0 Å². The Labute approximate surface area is 129 Å². The van der Waals surface area contributed by atoms with E-state index >= 15 is 0 Å². The molecule has 1 rings (SSSR count). The van der Waals surface area contributed by atoms with Crippen molar-refractivity contribution in [1.29, 1.82) is 0 Å². The first-order valence-electron chi connectivity index (χ1n) is 5.16. The van der Waals surface area contributed by atoms with Crippen molar-refractivity contribution < 1.29 is 49.0 Å². The van der Waals surface area contributed by atoms with Gasteiger partial charge in [-0.25, -0.2) is 0 Å². The summed E-state index contributed by atoms with van der Waals surface area (Å²) in [6, 6.07) is -0.875. The smallest absolute Gasteiger partial charge is 0.548 e. The van der Waals surface area contributed by atoms with Gasteiger partial charge in [-0.2, -0.15) is 12.6 Å². The van der Waals surface area contributed by atoms with Crippen molar-refractivity contribution in [3.05, 3.63) is 0 Å². The third-order valence-electron chi connectivity index (χ3n) is 2.85. The van der Waals surface area contributed by atoms with Crippen LogP contribution in [-0.4, -0.2) is 48.3 Å². The van der Waals surface area contributed by atoms with Gasteiger partial charge in [0.2, 0.25) is 5.91 Å².